The summed E-state index contributed by atoms with van der Waals surface area (Å²) in [5.41, 5.74) is 2.15. The third kappa shape index (κ3) is 3.88. The van der Waals surface area contributed by atoms with Crippen LogP contribution >= 0.6 is 11.6 Å². The topological polar surface area (TPSA) is 88.5 Å². The van der Waals surface area contributed by atoms with E-state index in [0.29, 0.717) is 22.8 Å². The Labute approximate surface area is 160 Å². The van der Waals surface area contributed by atoms with Gasteiger partial charge in [-0.05, 0) is 29.8 Å². The number of amides is 1. The van der Waals surface area contributed by atoms with Crippen molar-refractivity contribution in [3.63, 3.8) is 0 Å². The van der Waals surface area contributed by atoms with Crippen LogP contribution < -0.4 is 5.32 Å². The quantitative estimate of drug-likeness (QED) is 0.556. The van der Waals surface area contributed by atoms with Crippen LogP contribution in [0.4, 0.5) is 5.95 Å². The molecule has 2 aromatic carbocycles. The van der Waals surface area contributed by atoms with E-state index in [-0.39, 0.29) is 11.9 Å². The van der Waals surface area contributed by atoms with Crippen LogP contribution in [0.5, 0.6) is 0 Å². The standard InChI is InChI=1S/C19H15ClN6O/c20-16-8-7-14(26-10-4-9-21-26)12-15(16)18(27)23-19-22-17(24-25-19)11-13-5-2-1-3-6-13/h1-10,12H,11H2,(H2,22,23,24,25,27). The van der Waals surface area contributed by atoms with Gasteiger partial charge in [-0.25, -0.2) is 4.68 Å². The zero-order chi connectivity index (χ0) is 18.6. The average Bonchev–Trinajstić information content (AvgIpc) is 3.35. The Bertz CT molecular complexity index is 1060. The van der Waals surface area contributed by atoms with Crippen LogP contribution in [0.15, 0.2) is 67.0 Å². The Morgan fingerprint density at radius 3 is 2.78 bits per heavy atom. The van der Waals surface area contributed by atoms with E-state index in [1.54, 1.807) is 41.3 Å². The molecule has 0 aliphatic rings. The molecule has 8 heteroatoms. The van der Waals surface area contributed by atoms with E-state index in [4.69, 9.17) is 11.6 Å². The molecule has 0 aliphatic heterocycles. The summed E-state index contributed by atoms with van der Waals surface area (Å²) < 4.78 is 1.65. The van der Waals surface area contributed by atoms with E-state index in [9.17, 15) is 4.79 Å². The molecular weight excluding hydrogens is 364 g/mol. The maximum absolute atomic E-state index is 12.6. The van der Waals surface area contributed by atoms with E-state index in [1.807, 2.05) is 30.3 Å². The molecule has 0 saturated carbocycles. The summed E-state index contributed by atoms with van der Waals surface area (Å²) in [6.07, 6.45) is 4.05. The first kappa shape index (κ1) is 17.0. The van der Waals surface area contributed by atoms with Gasteiger partial charge in [0.2, 0.25) is 5.95 Å². The number of anilines is 1. The van der Waals surface area contributed by atoms with Gasteiger partial charge < -0.3 is 0 Å². The van der Waals surface area contributed by atoms with Crippen molar-refractivity contribution in [3.8, 4) is 5.69 Å². The number of rotatable bonds is 5. The van der Waals surface area contributed by atoms with Gasteiger partial charge in [-0.2, -0.15) is 10.1 Å². The highest BCUT2D eigenvalue weighted by Gasteiger charge is 2.15. The molecule has 0 spiro atoms. The molecule has 1 amide bonds. The molecule has 2 N–H and O–H groups in total. The first-order valence-electron chi connectivity index (χ1n) is 8.25. The fourth-order valence-electron chi connectivity index (χ4n) is 2.64. The smallest absolute Gasteiger partial charge is 0.259 e. The summed E-state index contributed by atoms with van der Waals surface area (Å²) in [6, 6.07) is 16.8. The van der Waals surface area contributed by atoms with Crippen molar-refractivity contribution in [2.24, 2.45) is 0 Å². The lowest BCUT2D eigenvalue weighted by molar-refractivity contribution is 0.102. The molecule has 0 fully saturated rings. The maximum atomic E-state index is 12.6. The number of halogens is 1. The molecule has 4 aromatic rings. The fraction of sp³-hybridized carbons (Fsp3) is 0.0526. The summed E-state index contributed by atoms with van der Waals surface area (Å²) in [7, 11) is 0. The molecule has 0 radical (unpaired) electrons. The Balaban J connectivity index is 1.50. The van der Waals surface area contributed by atoms with E-state index in [0.717, 1.165) is 11.3 Å². The third-order valence-electron chi connectivity index (χ3n) is 3.93. The van der Waals surface area contributed by atoms with Gasteiger partial charge in [0.15, 0.2) is 0 Å². The van der Waals surface area contributed by atoms with Crippen molar-refractivity contribution in [2.75, 3.05) is 5.32 Å². The predicted molar refractivity (Wildman–Crippen MR) is 102 cm³/mol. The van der Waals surface area contributed by atoms with Crippen LogP contribution in [0.2, 0.25) is 5.02 Å². The Kier molecular flexibility index (Phi) is 4.67. The molecule has 0 unspecified atom stereocenters. The van der Waals surface area contributed by atoms with E-state index in [2.05, 4.69) is 25.6 Å². The van der Waals surface area contributed by atoms with Crippen molar-refractivity contribution >= 4 is 23.5 Å². The molecule has 0 aliphatic carbocycles. The molecule has 0 saturated heterocycles. The number of carbonyl (C=O) groups is 1. The Morgan fingerprint density at radius 1 is 1.15 bits per heavy atom. The highest BCUT2D eigenvalue weighted by molar-refractivity contribution is 6.34. The van der Waals surface area contributed by atoms with E-state index in [1.165, 1.54) is 0 Å². The van der Waals surface area contributed by atoms with Crippen molar-refractivity contribution in [1.29, 1.82) is 0 Å². The van der Waals surface area contributed by atoms with E-state index < -0.39 is 0 Å². The second-order valence-electron chi connectivity index (χ2n) is 5.84. The largest absolute Gasteiger partial charge is 0.289 e. The minimum absolute atomic E-state index is 0.200. The van der Waals surface area contributed by atoms with Crippen LogP contribution in [0.3, 0.4) is 0 Å². The highest BCUT2D eigenvalue weighted by Crippen LogP contribution is 2.20. The van der Waals surface area contributed by atoms with Gasteiger partial charge in [-0.3, -0.25) is 15.2 Å². The molecule has 2 aromatic heterocycles. The summed E-state index contributed by atoms with van der Waals surface area (Å²) in [6.45, 7) is 0. The third-order valence-corrected chi connectivity index (χ3v) is 4.26. The van der Waals surface area contributed by atoms with E-state index >= 15 is 0 Å². The minimum atomic E-state index is -0.390. The number of aromatic nitrogens is 5. The molecule has 0 bridgehead atoms. The number of nitrogens with zero attached hydrogens (tertiary/aromatic N) is 4. The number of nitrogens with one attached hydrogen (secondary N) is 2. The molecule has 27 heavy (non-hydrogen) atoms. The van der Waals surface area contributed by atoms with Crippen LogP contribution in [0.1, 0.15) is 21.7 Å². The van der Waals surface area contributed by atoms with Gasteiger partial charge in [-0.15, -0.1) is 5.10 Å². The monoisotopic (exact) mass is 378 g/mol. The Hall–Kier alpha value is -3.45. The summed E-state index contributed by atoms with van der Waals surface area (Å²) in [5, 5.41) is 14.1. The molecule has 7 nitrogen and oxygen atoms in total. The second-order valence-corrected chi connectivity index (χ2v) is 6.24. The maximum Gasteiger partial charge on any atom is 0.259 e. The van der Waals surface area contributed by atoms with Gasteiger partial charge in [0, 0.05) is 18.8 Å². The minimum Gasteiger partial charge on any atom is -0.289 e. The summed E-state index contributed by atoms with van der Waals surface area (Å²) >= 11 is 6.19. The molecule has 4 rings (SSSR count). The number of aromatic amines is 1. The Morgan fingerprint density at radius 2 is 2.00 bits per heavy atom. The molecular formula is C19H15ClN6O. The second kappa shape index (κ2) is 7.43. The van der Waals surface area contributed by atoms with Crippen LogP contribution in [-0.2, 0) is 6.42 Å². The predicted octanol–water partition coefficient (Wildman–Crippen LogP) is 3.49. The number of hydrogen-bond acceptors (Lipinski definition) is 4. The van der Waals surface area contributed by atoms with Crippen molar-refractivity contribution in [2.45, 2.75) is 6.42 Å². The van der Waals surface area contributed by atoms with Crippen molar-refractivity contribution in [3.05, 3.63) is 89.0 Å². The molecule has 2 heterocycles. The lowest BCUT2D eigenvalue weighted by Gasteiger charge is -2.07. The van der Waals surface area contributed by atoms with Crippen molar-refractivity contribution in [1.82, 2.24) is 25.0 Å². The highest BCUT2D eigenvalue weighted by atomic mass is 35.5. The summed E-state index contributed by atoms with van der Waals surface area (Å²) in [4.78, 5) is 16.9. The van der Waals surface area contributed by atoms with Gasteiger partial charge in [0.05, 0.1) is 16.3 Å². The normalized spacial score (nSPS) is 10.7. The number of carbonyl (C=O) groups excluding carboxylic acids is 1. The van der Waals surface area contributed by atoms with Crippen LogP contribution in [0, 0.1) is 0 Å². The SMILES string of the molecule is O=C(Nc1n[nH]c(Cc2ccccc2)n1)c1cc(-n2cccn2)ccc1Cl. The molecule has 134 valence electrons. The van der Waals surface area contributed by atoms with Gasteiger partial charge in [0.25, 0.3) is 5.91 Å². The van der Waals surface area contributed by atoms with Gasteiger partial charge >= 0.3 is 0 Å². The number of benzene rings is 2. The van der Waals surface area contributed by atoms with Gasteiger partial charge in [0.1, 0.15) is 5.82 Å². The van der Waals surface area contributed by atoms with Crippen molar-refractivity contribution < 1.29 is 4.79 Å². The van der Waals surface area contributed by atoms with Gasteiger partial charge in [-0.1, -0.05) is 41.9 Å². The number of H-pyrrole nitrogens is 1. The zero-order valence-electron chi connectivity index (χ0n) is 14.1. The van der Waals surface area contributed by atoms with Crippen LogP contribution in [-0.4, -0.2) is 30.9 Å². The number of hydrogen-bond donors (Lipinski definition) is 2. The molecule has 0 atom stereocenters. The lowest BCUT2D eigenvalue weighted by atomic mass is 10.1. The lowest BCUT2D eigenvalue weighted by Crippen LogP contribution is -2.14. The fourth-order valence-corrected chi connectivity index (χ4v) is 2.84. The zero-order valence-corrected chi connectivity index (χ0v) is 14.9. The summed E-state index contributed by atoms with van der Waals surface area (Å²) in [5.74, 6) is 0.471. The first-order valence-corrected chi connectivity index (χ1v) is 8.63. The van der Waals surface area contributed by atoms with Crippen LogP contribution in [0.25, 0.3) is 5.69 Å². The first-order chi connectivity index (χ1) is 13.2. The average molecular weight is 379 g/mol.